The largest absolute Gasteiger partial charge is 0.465 e. The second-order valence-electron chi connectivity index (χ2n) is 6.98. The summed E-state index contributed by atoms with van der Waals surface area (Å²) < 4.78 is 7.40. The molecule has 0 atom stereocenters. The zero-order valence-electron chi connectivity index (χ0n) is 15.9. The molecule has 1 aliphatic heterocycles. The highest BCUT2D eigenvalue weighted by Crippen LogP contribution is 2.41. The average Bonchev–Trinajstić information content (AvgIpc) is 3.09. The summed E-state index contributed by atoms with van der Waals surface area (Å²) in [5.74, 6) is 0.485. The van der Waals surface area contributed by atoms with E-state index in [-0.39, 0.29) is 12.4 Å². The van der Waals surface area contributed by atoms with Gasteiger partial charge in [0, 0.05) is 34.3 Å². The molecule has 29 heavy (non-hydrogen) atoms. The Kier molecular flexibility index (Phi) is 5.91. The van der Waals surface area contributed by atoms with Gasteiger partial charge in [-0.3, -0.25) is 4.79 Å². The molecule has 0 aliphatic carbocycles. The Morgan fingerprint density at radius 3 is 2.83 bits per heavy atom. The topological polar surface area (TPSA) is 56.1 Å². The lowest BCUT2D eigenvalue weighted by Crippen LogP contribution is -2.18. The van der Waals surface area contributed by atoms with E-state index < -0.39 is 0 Å². The number of nitrogens with one attached hydrogen (secondary N) is 1. The fraction of sp³-hybridized carbons (Fsp3) is 0.333. The summed E-state index contributed by atoms with van der Waals surface area (Å²) in [4.78, 5) is 17.1. The Hall–Kier alpha value is -1.95. The molecule has 0 saturated carbocycles. The Labute approximate surface area is 183 Å². The van der Waals surface area contributed by atoms with Gasteiger partial charge in [0.05, 0.1) is 23.6 Å². The molecule has 8 heteroatoms. The molecule has 3 aromatic rings. The summed E-state index contributed by atoms with van der Waals surface area (Å²) >= 11 is 19.3. The zero-order chi connectivity index (χ0) is 20.5. The number of aromatic nitrogens is 2. The number of imidazole rings is 1. The van der Waals surface area contributed by atoms with Crippen molar-refractivity contribution >= 4 is 57.8 Å². The Morgan fingerprint density at radius 2 is 2.07 bits per heavy atom. The van der Waals surface area contributed by atoms with Crippen molar-refractivity contribution in [1.82, 2.24) is 9.55 Å². The molecule has 2 aromatic carbocycles. The van der Waals surface area contributed by atoms with Gasteiger partial charge in [-0.1, -0.05) is 47.8 Å². The molecule has 0 fully saturated rings. The van der Waals surface area contributed by atoms with Crippen LogP contribution in [0.3, 0.4) is 0 Å². The second-order valence-corrected chi connectivity index (χ2v) is 8.20. The molecule has 2 heterocycles. The first kappa shape index (κ1) is 20.3. The van der Waals surface area contributed by atoms with Crippen LogP contribution in [-0.2, 0) is 22.5 Å². The summed E-state index contributed by atoms with van der Waals surface area (Å²) in [6.07, 6.45) is 1.89. The van der Waals surface area contributed by atoms with Crippen molar-refractivity contribution in [3.05, 3.63) is 44.9 Å². The summed E-state index contributed by atoms with van der Waals surface area (Å²) in [6, 6.07) is 7.17. The van der Waals surface area contributed by atoms with Gasteiger partial charge in [0.15, 0.2) is 0 Å². The van der Waals surface area contributed by atoms with Crippen LogP contribution >= 0.6 is 34.8 Å². The quantitative estimate of drug-likeness (QED) is 0.484. The zero-order valence-corrected chi connectivity index (χ0v) is 18.2. The molecular weight excluding hydrogens is 433 g/mol. The number of anilines is 1. The highest BCUT2D eigenvalue weighted by molar-refractivity contribution is 6.40. The standard InChI is InChI=1S/C21H20Cl3N3O2/c1-2-8-29-17(28)10-12-9-15(14-5-4-13(22)11-16(14)23)18(24)19-20(12)27-7-3-6-25-21(27)26-19/h4-5,9,11H,2-3,6-8,10H2,1H3,(H,25,26). The van der Waals surface area contributed by atoms with E-state index >= 15 is 0 Å². The van der Waals surface area contributed by atoms with Gasteiger partial charge in [0.25, 0.3) is 0 Å². The SMILES string of the molecule is CCCOC(=O)Cc1cc(-c2ccc(Cl)cc2Cl)c(Cl)c2nc3n(c12)CCCN3. The number of nitrogens with zero attached hydrogens (tertiary/aromatic N) is 2. The lowest BCUT2D eigenvalue weighted by Gasteiger charge is -2.18. The molecule has 4 rings (SSSR count). The van der Waals surface area contributed by atoms with Gasteiger partial charge in [-0.25, -0.2) is 4.98 Å². The molecule has 0 radical (unpaired) electrons. The van der Waals surface area contributed by atoms with Crippen molar-refractivity contribution in [2.45, 2.75) is 32.7 Å². The van der Waals surface area contributed by atoms with Crippen molar-refractivity contribution < 1.29 is 9.53 Å². The summed E-state index contributed by atoms with van der Waals surface area (Å²) in [5.41, 5.74) is 3.78. The first-order valence-corrected chi connectivity index (χ1v) is 10.7. The Morgan fingerprint density at radius 1 is 1.24 bits per heavy atom. The number of hydrogen-bond donors (Lipinski definition) is 1. The van der Waals surface area contributed by atoms with Gasteiger partial charge in [0.1, 0.15) is 5.52 Å². The number of ether oxygens (including phenoxy) is 1. The Balaban J connectivity index is 1.91. The third kappa shape index (κ3) is 3.91. The monoisotopic (exact) mass is 451 g/mol. The van der Waals surface area contributed by atoms with E-state index in [2.05, 4.69) is 9.88 Å². The van der Waals surface area contributed by atoms with Gasteiger partial charge >= 0.3 is 5.97 Å². The number of esters is 1. The number of rotatable bonds is 5. The highest BCUT2D eigenvalue weighted by Gasteiger charge is 2.24. The van der Waals surface area contributed by atoms with Crippen LogP contribution in [0.5, 0.6) is 0 Å². The lowest BCUT2D eigenvalue weighted by atomic mass is 9.99. The first-order chi connectivity index (χ1) is 14.0. The van der Waals surface area contributed by atoms with Crippen molar-refractivity contribution in [3.8, 4) is 11.1 Å². The van der Waals surface area contributed by atoms with Crippen LogP contribution in [0.2, 0.25) is 15.1 Å². The van der Waals surface area contributed by atoms with Crippen molar-refractivity contribution in [3.63, 3.8) is 0 Å². The van der Waals surface area contributed by atoms with Crippen LogP contribution in [0, 0.1) is 0 Å². The van der Waals surface area contributed by atoms with Crippen LogP contribution in [0.15, 0.2) is 24.3 Å². The van der Waals surface area contributed by atoms with Crippen LogP contribution in [-0.4, -0.2) is 28.7 Å². The predicted octanol–water partition coefficient (Wildman–Crippen LogP) is 5.97. The lowest BCUT2D eigenvalue weighted by molar-refractivity contribution is -0.142. The van der Waals surface area contributed by atoms with E-state index in [4.69, 9.17) is 44.5 Å². The van der Waals surface area contributed by atoms with E-state index in [1.165, 1.54) is 0 Å². The number of halogens is 3. The third-order valence-corrected chi connectivity index (χ3v) is 5.83. The van der Waals surface area contributed by atoms with Crippen LogP contribution in [0.25, 0.3) is 22.2 Å². The molecule has 1 aliphatic rings. The number of aryl methyl sites for hydroxylation is 1. The third-order valence-electron chi connectivity index (χ3n) is 4.90. The van der Waals surface area contributed by atoms with E-state index in [9.17, 15) is 4.79 Å². The van der Waals surface area contributed by atoms with Crippen molar-refractivity contribution in [1.29, 1.82) is 0 Å². The first-order valence-electron chi connectivity index (χ1n) is 9.56. The molecule has 0 unspecified atom stereocenters. The minimum Gasteiger partial charge on any atom is -0.465 e. The maximum atomic E-state index is 12.4. The number of fused-ring (bicyclic) bond motifs is 3. The normalized spacial score (nSPS) is 13.2. The second kappa shape index (κ2) is 8.42. The van der Waals surface area contributed by atoms with Crippen molar-refractivity contribution in [2.24, 2.45) is 0 Å². The number of hydrogen-bond acceptors (Lipinski definition) is 4. The number of benzene rings is 2. The molecule has 0 spiro atoms. The van der Waals surface area contributed by atoms with Gasteiger partial charge in [-0.05, 0) is 36.6 Å². The summed E-state index contributed by atoms with van der Waals surface area (Å²) in [6.45, 7) is 4.03. The predicted molar refractivity (Wildman–Crippen MR) is 118 cm³/mol. The van der Waals surface area contributed by atoms with E-state index in [1.54, 1.807) is 12.1 Å². The molecule has 1 N–H and O–H groups in total. The van der Waals surface area contributed by atoms with Crippen LogP contribution < -0.4 is 5.32 Å². The van der Waals surface area contributed by atoms with Gasteiger partial charge in [-0.2, -0.15) is 0 Å². The molecule has 0 saturated heterocycles. The van der Waals surface area contributed by atoms with Crippen LogP contribution in [0.4, 0.5) is 5.95 Å². The minimum atomic E-state index is -0.275. The van der Waals surface area contributed by atoms with E-state index in [0.29, 0.717) is 27.2 Å². The van der Waals surface area contributed by atoms with Gasteiger partial charge in [0.2, 0.25) is 5.95 Å². The minimum absolute atomic E-state index is 0.136. The molecule has 1 aromatic heterocycles. The average molecular weight is 453 g/mol. The molecular formula is C21H20Cl3N3O2. The van der Waals surface area contributed by atoms with E-state index in [1.807, 2.05) is 19.1 Å². The fourth-order valence-corrected chi connectivity index (χ4v) is 4.41. The molecule has 0 bridgehead atoms. The maximum Gasteiger partial charge on any atom is 0.310 e. The van der Waals surface area contributed by atoms with Gasteiger partial charge < -0.3 is 14.6 Å². The van der Waals surface area contributed by atoms with E-state index in [0.717, 1.165) is 54.1 Å². The highest BCUT2D eigenvalue weighted by atomic mass is 35.5. The summed E-state index contributed by atoms with van der Waals surface area (Å²) in [7, 11) is 0. The molecule has 5 nitrogen and oxygen atoms in total. The summed E-state index contributed by atoms with van der Waals surface area (Å²) in [5, 5.41) is 4.83. The molecule has 152 valence electrons. The number of carbonyl (C=O) groups excluding carboxylic acids is 1. The van der Waals surface area contributed by atoms with Crippen molar-refractivity contribution in [2.75, 3.05) is 18.5 Å². The van der Waals surface area contributed by atoms with Gasteiger partial charge in [-0.15, -0.1) is 0 Å². The maximum absolute atomic E-state index is 12.4. The fourth-order valence-electron chi connectivity index (χ4n) is 3.62. The molecule has 0 amide bonds. The number of carbonyl (C=O) groups is 1. The Bertz CT molecular complexity index is 1090. The smallest absolute Gasteiger partial charge is 0.310 e. The van der Waals surface area contributed by atoms with Crippen LogP contribution in [0.1, 0.15) is 25.3 Å².